The second-order valence-corrected chi connectivity index (χ2v) is 5.99. The molecule has 19 heavy (non-hydrogen) atoms. The second kappa shape index (κ2) is 6.98. The number of nitrogens with zero attached hydrogens (tertiary/aromatic N) is 1. The molecule has 0 aliphatic carbocycles. The summed E-state index contributed by atoms with van der Waals surface area (Å²) in [4.78, 5) is 4.28. The number of oxazole rings is 1. The predicted molar refractivity (Wildman–Crippen MR) is 81.4 cm³/mol. The molecule has 0 spiro atoms. The average Bonchev–Trinajstić information content (AvgIpc) is 2.84. The number of thioether (sulfide) groups is 1. The molecule has 1 unspecified atom stereocenters. The average molecular weight is 297 g/mol. The Kier molecular flexibility index (Phi) is 5.31. The van der Waals surface area contributed by atoms with Crippen LogP contribution in [0.2, 0.25) is 5.02 Å². The van der Waals surface area contributed by atoms with Gasteiger partial charge in [0.1, 0.15) is 0 Å². The van der Waals surface area contributed by atoms with Gasteiger partial charge in [0.15, 0.2) is 5.76 Å². The Balaban J connectivity index is 1.90. The monoisotopic (exact) mass is 296 g/mol. The quantitative estimate of drug-likeness (QED) is 0.820. The first kappa shape index (κ1) is 14.4. The molecule has 0 fully saturated rings. The number of hydrogen-bond acceptors (Lipinski definition) is 4. The highest BCUT2D eigenvalue weighted by Crippen LogP contribution is 2.23. The molecule has 2 aromatic rings. The summed E-state index contributed by atoms with van der Waals surface area (Å²) in [6.07, 6.45) is 2.76. The van der Waals surface area contributed by atoms with E-state index in [2.05, 4.69) is 4.98 Å². The molecule has 102 valence electrons. The summed E-state index contributed by atoms with van der Waals surface area (Å²) in [6.45, 7) is 2.02. The maximum absolute atomic E-state index is 5.85. The van der Waals surface area contributed by atoms with Crippen molar-refractivity contribution in [2.45, 2.75) is 25.1 Å². The van der Waals surface area contributed by atoms with E-state index in [0.29, 0.717) is 0 Å². The number of nitrogens with two attached hydrogens (primary N) is 1. The van der Waals surface area contributed by atoms with Gasteiger partial charge in [-0.2, -0.15) is 11.8 Å². The summed E-state index contributed by atoms with van der Waals surface area (Å²) in [5.74, 6) is 3.33. The molecule has 3 nitrogen and oxygen atoms in total. The van der Waals surface area contributed by atoms with Gasteiger partial charge in [-0.15, -0.1) is 0 Å². The Labute approximate surface area is 122 Å². The van der Waals surface area contributed by atoms with E-state index in [1.807, 2.05) is 31.2 Å². The van der Waals surface area contributed by atoms with Gasteiger partial charge in [-0.25, -0.2) is 4.98 Å². The summed E-state index contributed by atoms with van der Waals surface area (Å²) >= 11 is 7.64. The van der Waals surface area contributed by atoms with Crippen molar-refractivity contribution in [3.05, 3.63) is 41.4 Å². The van der Waals surface area contributed by atoms with E-state index in [1.165, 1.54) is 0 Å². The number of aromatic nitrogens is 1. The molecule has 0 saturated heterocycles. The maximum atomic E-state index is 5.85. The smallest absolute Gasteiger partial charge is 0.204 e. The molecular weight excluding hydrogens is 280 g/mol. The molecule has 2 rings (SSSR count). The second-order valence-electron chi connectivity index (χ2n) is 4.44. The molecule has 0 aliphatic rings. The third-order valence-electron chi connectivity index (χ3n) is 2.63. The molecule has 0 bridgehead atoms. The molecular formula is C14H17ClN2OS. The minimum Gasteiger partial charge on any atom is -0.440 e. The molecule has 1 heterocycles. The van der Waals surface area contributed by atoms with E-state index in [0.717, 1.165) is 40.2 Å². The van der Waals surface area contributed by atoms with Crippen LogP contribution in [0.3, 0.4) is 0 Å². The zero-order valence-electron chi connectivity index (χ0n) is 10.8. The highest BCUT2D eigenvalue weighted by molar-refractivity contribution is 7.98. The zero-order chi connectivity index (χ0) is 13.7. The third-order valence-corrected chi connectivity index (χ3v) is 3.85. The van der Waals surface area contributed by atoms with Gasteiger partial charge in [-0.1, -0.05) is 11.6 Å². The first-order valence-corrected chi connectivity index (χ1v) is 7.72. The van der Waals surface area contributed by atoms with Crippen LogP contribution < -0.4 is 5.73 Å². The summed E-state index contributed by atoms with van der Waals surface area (Å²) in [7, 11) is 0. The van der Waals surface area contributed by atoms with E-state index >= 15 is 0 Å². The maximum Gasteiger partial charge on any atom is 0.204 e. The van der Waals surface area contributed by atoms with Gasteiger partial charge in [0.05, 0.1) is 11.9 Å². The summed E-state index contributed by atoms with van der Waals surface area (Å²) in [5.41, 5.74) is 6.69. The molecule has 0 radical (unpaired) electrons. The SMILES string of the molecule is CC(N)CCSCc1ncc(-c2ccc(Cl)cc2)o1. The Morgan fingerprint density at radius 1 is 1.37 bits per heavy atom. The highest BCUT2D eigenvalue weighted by atomic mass is 35.5. The Hall–Kier alpha value is -0.970. The normalized spacial score (nSPS) is 12.6. The van der Waals surface area contributed by atoms with Gasteiger partial charge in [-0.3, -0.25) is 0 Å². The Morgan fingerprint density at radius 3 is 2.79 bits per heavy atom. The van der Waals surface area contributed by atoms with E-state index in [9.17, 15) is 0 Å². The largest absolute Gasteiger partial charge is 0.440 e. The fourth-order valence-corrected chi connectivity index (χ4v) is 2.67. The van der Waals surface area contributed by atoms with Gasteiger partial charge in [0.2, 0.25) is 5.89 Å². The van der Waals surface area contributed by atoms with Gasteiger partial charge in [-0.05, 0) is 43.4 Å². The molecule has 0 saturated carbocycles. The summed E-state index contributed by atoms with van der Waals surface area (Å²) in [6, 6.07) is 7.79. The highest BCUT2D eigenvalue weighted by Gasteiger charge is 2.06. The van der Waals surface area contributed by atoms with Crippen molar-refractivity contribution in [3.63, 3.8) is 0 Å². The van der Waals surface area contributed by atoms with Gasteiger partial charge in [0, 0.05) is 16.6 Å². The van der Waals surface area contributed by atoms with Crippen molar-refractivity contribution < 1.29 is 4.42 Å². The molecule has 5 heteroatoms. The molecule has 1 aromatic heterocycles. The molecule has 0 amide bonds. The number of benzene rings is 1. The lowest BCUT2D eigenvalue weighted by Crippen LogP contribution is -2.15. The third kappa shape index (κ3) is 4.56. The first-order valence-electron chi connectivity index (χ1n) is 6.19. The summed E-state index contributed by atoms with van der Waals surface area (Å²) < 4.78 is 5.71. The van der Waals surface area contributed by atoms with Gasteiger partial charge in [0.25, 0.3) is 0 Å². The van der Waals surface area contributed by atoms with Gasteiger partial charge < -0.3 is 10.2 Å². The van der Waals surface area contributed by atoms with E-state index in [1.54, 1.807) is 18.0 Å². The van der Waals surface area contributed by atoms with Crippen LogP contribution in [0.4, 0.5) is 0 Å². The molecule has 2 N–H and O–H groups in total. The van der Waals surface area contributed by atoms with Crippen LogP contribution in [0.25, 0.3) is 11.3 Å². The fourth-order valence-electron chi connectivity index (χ4n) is 1.55. The van der Waals surface area contributed by atoms with Crippen molar-refractivity contribution in [2.75, 3.05) is 5.75 Å². The molecule has 0 aliphatic heterocycles. The van der Waals surface area contributed by atoms with Crippen LogP contribution in [0, 0.1) is 0 Å². The lowest BCUT2D eigenvalue weighted by molar-refractivity contribution is 0.530. The van der Waals surface area contributed by atoms with Crippen LogP contribution in [0.5, 0.6) is 0 Å². The minimum absolute atomic E-state index is 0.252. The van der Waals surface area contributed by atoms with Gasteiger partial charge >= 0.3 is 0 Å². The molecule has 1 aromatic carbocycles. The number of halogens is 1. The fraction of sp³-hybridized carbons (Fsp3) is 0.357. The van der Waals surface area contributed by atoms with E-state index < -0.39 is 0 Å². The lowest BCUT2D eigenvalue weighted by Gasteiger charge is -2.02. The summed E-state index contributed by atoms with van der Waals surface area (Å²) in [5, 5.41) is 0.718. The first-order chi connectivity index (χ1) is 9.15. The van der Waals surface area contributed by atoms with Crippen LogP contribution in [0.1, 0.15) is 19.2 Å². The van der Waals surface area contributed by atoms with E-state index in [-0.39, 0.29) is 6.04 Å². The van der Waals surface area contributed by atoms with Crippen molar-refractivity contribution in [3.8, 4) is 11.3 Å². The zero-order valence-corrected chi connectivity index (χ0v) is 12.4. The van der Waals surface area contributed by atoms with Crippen molar-refractivity contribution in [2.24, 2.45) is 5.73 Å². The standard InChI is InChI=1S/C14H17ClN2OS/c1-10(16)6-7-19-9-14-17-8-13(18-14)11-2-4-12(15)5-3-11/h2-5,8,10H,6-7,9,16H2,1H3. The van der Waals surface area contributed by atoms with Crippen LogP contribution in [0.15, 0.2) is 34.9 Å². The van der Waals surface area contributed by atoms with Crippen molar-refractivity contribution in [1.29, 1.82) is 0 Å². The predicted octanol–water partition coefficient (Wildman–Crippen LogP) is 3.97. The van der Waals surface area contributed by atoms with E-state index in [4.69, 9.17) is 21.8 Å². The molecule has 1 atom stereocenters. The van der Waals surface area contributed by atoms with Crippen LogP contribution >= 0.6 is 23.4 Å². The Bertz CT molecular complexity index is 510. The van der Waals surface area contributed by atoms with Crippen LogP contribution in [-0.2, 0) is 5.75 Å². The Morgan fingerprint density at radius 2 is 2.11 bits per heavy atom. The van der Waals surface area contributed by atoms with Crippen molar-refractivity contribution in [1.82, 2.24) is 4.98 Å². The topological polar surface area (TPSA) is 52.0 Å². The number of rotatable bonds is 6. The van der Waals surface area contributed by atoms with Crippen molar-refractivity contribution >= 4 is 23.4 Å². The van der Waals surface area contributed by atoms with Crippen LogP contribution in [-0.4, -0.2) is 16.8 Å². The number of hydrogen-bond donors (Lipinski definition) is 1. The minimum atomic E-state index is 0.252. The lowest BCUT2D eigenvalue weighted by atomic mass is 10.2.